The number of carbonyl (C=O) groups excluding carboxylic acids is 1. The zero-order valence-corrected chi connectivity index (χ0v) is 15.2. The highest BCUT2D eigenvalue weighted by Crippen LogP contribution is 2.48. The molecule has 1 fully saturated rings. The monoisotopic (exact) mass is 396 g/mol. The molecule has 0 bridgehead atoms. The summed E-state index contributed by atoms with van der Waals surface area (Å²) in [5.41, 5.74) is -2.16. The topological polar surface area (TPSA) is 60.4 Å². The van der Waals surface area contributed by atoms with Gasteiger partial charge in [-0.2, -0.15) is 13.2 Å². The van der Waals surface area contributed by atoms with Gasteiger partial charge in [0.2, 0.25) is 14.8 Å². The van der Waals surface area contributed by atoms with Crippen LogP contribution < -0.4 is 0 Å². The van der Waals surface area contributed by atoms with Gasteiger partial charge >= 0.3 is 12.1 Å². The molecule has 0 spiro atoms. The van der Waals surface area contributed by atoms with E-state index in [0.717, 1.165) is 18.2 Å². The van der Waals surface area contributed by atoms with E-state index >= 15 is 4.39 Å². The van der Waals surface area contributed by atoms with E-state index < -0.39 is 55.7 Å². The lowest BCUT2D eigenvalue weighted by Crippen LogP contribution is -2.44. The van der Waals surface area contributed by atoms with Crippen molar-refractivity contribution in [1.29, 1.82) is 0 Å². The van der Waals surface area contributed by atoms with Crippen LogP contribution in [0.15, 0.2) is 29.2 Å². The maximum atomic E-state index is 15.2. The molecule has 146 valence electrons. The Morgan fingerprint density at radius 1 is 1.19 bits per heavy atom. The molecule has 26 heavy (non-hydrogen) atoms. The van der Waals surface area contributed by atoms with Crippen LogP contribution in [0.25, 0.3) is 0 Å². The summed E-state index contributed by atoms with van der Waals surface area (Å²) in [6, 6.07) is 3.05. The molecule has 0 aromatic heterocycles. The number of carbonyl (C=O) groups is 1. The molecule has 0 atom stereocenters. The first-order chi connectivity index (χ1) is 11.9. The van der Waals surface area contributed by atoms with Crippen LogP contribution in [0.5, 0.6) is 0 Å². The summed E-state index contributed by atoms with van der Waals surface area (Å²) in [6.07, 6.45) is -5.84. The molecule has 1 aliphatic rings. The Bertz CT molecular complexity index is 778. The molecule has 0 unspecified atom stereocenters. The first-order valence-corrected chi connectivity index (χ1v) is 9.62. The van der Waals surface area contributed by atoms with E-state index in [1.165, 1.54) is 0 Å². The first-order valence-electron chi connectivity index (χ1n) is 8.14. The average molecular weight is 396 g/mol. The molecule has 9 heteroatoms. The number of halogens is 4. The molecule has 2 rings (SSSR count). The molecule has 1 aromatic rings. The predicted octanol–water partition coefficient (Wildman–Crippen LogP) is 4.29. The van der Waals surface area contributed by atoms with Crippen molar-refractivity contribution in [2.75, 3.05) is 6.61 Å². The molecular formula is C17H20F4O4S. The normalized spacial score (nSPS) is 27.2. The van der Waals surface area contributed by atoms with Crippen molar-refractivity contribution in [2.24, 2.45) is 5.41 Å². The number of esters is 1. The van der Waals surface area contributed by atoms with E-state index in [1.54, 1.807) is 13.8 Å². The fourth-order valence-electron chi connectivity index (χ4n) is 3.00. The van der Waals surface area contributed by atoms with Gasteiger partial charge < -0.3 is 4.74 Å². The molecule has 1 saturated carbocycles. The molecule has 0 saturated heterocycles. The second-order valence-electron chi connectivity index (χ2n) is 6.69. The number of sulfone groups is 1. The van der Waals surface area contributed by atoms with Gasteiger partial charge in [-0.25, -0.2) is 12.8 Å². The summed E-state index contributed by atoms with van der Waals surface area (Å²) in [5.74, 6) is -0.529. The van der Waals surface area contributed by atoms with Crippen LogP contribution in [0, 0.1) is 5.41 Å². The van der Waals surface area contributed by atoms with Gasteiger partial charge in [-0.3, -0.25) is 4.79 Å². The molecule has 1 aromatic carbocycles. The lowest BCUT2D eigenvalue weighted by molar-refractivity contribution is -0.157. The summed E-state index contributed by atoms with van der Waals surface area (Å²) in [5, 5.41) is -2.72. The van der Waals surface area contributed by atoms with Crippen LogP contribution in [0.1, 0.15) is 45.1 Å². The molecule has 0 heterocycles. The summed E-state index contributed by atoms with van der Waals surface area (Å²) >= 11 is 0. The van der Waals surface area contributed by atoms with Gasteiger partial charge in [0.05, 0.1) is 22.5 Å². The lowest BCUT2D eigenvalue weighted by atomic mass is 9.75. The molecule has 0 radical (unpaired) electrons. The smallest absolute Gasteiger partial charge is 0.416 e. The summed E-state index contributed by atoms with van der Waals surface area (Å²) in [4.78, 5) is 11.3. The van der Waals surface area contributed by atoms with Gasteiger partial charge in [0.15, 0.2) is 0 Å². The minimum Gasteiger partial charge on any atom is -0.466 e. The standard InChI is InChI=1S/C17H20F4O4S/c1-3-25-14(22)15(2)7-9-16(18,10-8-15)26(23,24)13-6-4-5-12(11-13)17(19,20)21/h4-6,11H,3,7-10H2,1-2H3. The third-order valence-electron chi connectivity index (χ3n) is 4.82. The number of hydrogen-bond donors (Lipinski definition) is 0. The third-order valence-corrected chi connectivity index (χ3v) is 7.07. The fraction of sp³-hybridized carbons (Fsp3) is 0.588. The van der Waals surface area contributed by atoms with Gasteiger partial charge in [-0.15, -0.1) is 0 Å². The van der Waals surface area contributed by atoms with Crippen LogP contribution >= 0.6 is 0 Å². The molecule has 0 amide bonds. The Hall–Kier alpha value is -1.64. The molecule has 1 aliphatic carbocycles. The second-order valence-corrected chi connectivity index (χ2v) is 8.90. The zero-order valence-electron chi connectivity index (χ0n) is 14.4. The van der Waals surface area contributed by atoms with Crippen molar-refractivity contribution in [3.63, 3.8) is 0 Å². The highest BCUT2D eigenvalue weighted by atomic mass is 32.2. The van der Waals surface area contributed by atoms with E-state index in [0.29, 0.717) is 6.07 Å². The first kappa shape index (κ1) is 20.7. The summed E-state index contributed by atoms with van der Waals surface area (Å²) < 4.78 is 83.9. The van der Waals surface area contributed by atoms with Crippen molar-refractivity contribution in [2.45, 2.75) is 55.6 Å². The quantitative estimate of drug-likeness (QED) is 0.563. The van der Waals surface area contributed by atoms with Crippen molar-refractivity contribution in [3.8, 4) is 0 Å². The van der Waals surface area contributed by atoms with E-state index in [9.17, 15) is 26.4 Å². The minimum absolute atomic E-state index is 0.0689. The van der Waals surface area contributed by atoms with Crippen LogP contribution in [0.4, 0.5) is 17.6 Å². The van der Waals surface area contributed by atoms with E-state index in [4.69, 9.17) is 4.74 Å². The Morgan fingerprint density at radius 2 is 1.77 bits per heavy atom. The SMILES string of the molecule is CCOC(=O)C1(C)CCC(F)(S(=O)(=O)c2cccc(C(F)(F)F)c2)CC1. The predicted molar refractivity (Wildman–Crippen MR) is 85.7 cm³/mol. The molecule has 4 nitrogen and oxygen atoms in total. The van der Waals surface area contributed by atoms with E-state index in [-0.39, 0.29) is 19.4 Å². The Balaban J connectivity index is 2.29. The van der Waals surface area contributed by atoms with Gasteiger partial charge in [0, 0.05) is 0 Å². The molecule has 0 N–H and O–H groups in total. The van der Waals surface area contributed by atoms with Gasteiger partial charge in [0.1, 0.15) is 0 Å². The largest absolute Gasteiger partial charge is 0.466 e. The second kappa shape index (κ2) is 6.83. The summed E-state index contributed by atoms with van der Waals surface area (Å²) in [7, 11) is -4.65. The van der Waals surface area contributed by atoms with Crippen molar-refractivity contribution < 1.29 is 35.5 Å². The van der Waals surface area contributed by atoms with Gasteiger partial charge in [-0.05, 0) is 57.7 Å². The summed E-state index contributed by atoms with van der Waals surface area (Å²) in [6.45, 7) is 3.35. The minimum atomic E-state index is -4.73. The molecular weight excluding hydrogens is 376 g/mol. The van der Waals surface area contributed by atoms with Gasteiger partial charge in [-0.1, -0.05) is 6.07 Å². The average Bonchev–Trinajstić information content (AvgIpc) is 2.57. The lowest BCUT2D eigenvalue weighted by Gasteiger charge is -2.38. The van der Waals surface area contributed by atoms with Crippen LogP contribution in [0.2, 0.25) is 0 Å². The number of alkyl halides is 4. The Kier molecular flexibility index (Phi) is 5.43. The third kappa shape index (κ3) is 3.72. The number of ether oxygens (including phenoxy) is 1. The van der Waals surface area contributed by atoms with Crippen molar-refractivity contribution in [1.82, 2.24) is 0 Å². The highest BCUT2D eigenvalue weighted by molar-refractivity contribution is 7.92. The van der Waals surface area contributed by atoms with Crippen LogP contribution in [-0.4, -0.2) is 26.0 Å². The number of hydrogen-bond acceptors (Lipinski definition) is 4. The Labute approximate surface area is 149 Å². The van der Waals surface area contributed by atoms with Crippen molar-refractivity contribution in [3.05, 3.63) is 29.8 Å². The maximum Gasteiger partial charge on any atom is 0.416 e. The fourth-order valence-corrected chi connectivity index (χ4v) is 4.71. The highest BCUT2D eigenvalue weighted by Gasteiger charge is 2.53. The number of benzene rings is 1. The molecule has 0 aliphatic heterocycles. The zero-order chi connectivity index (χ0) is 19.8. The van der Waals surface area contributed by atoms with Crippen LogP contribution in [0.3, 0.4) is 0 Å². The van der Waals surface area contributed by atoms with Crippen LogP contribution in [-0.2, 0) is 25.5 Å². The maximum absolute atomic E-state index is 15.2. The van der Waals surface area contributed by atoms with Gasteiger partial charge in [0.25, 0.3) is 0 Å². The van der Waals surface area contributed by atoms with E-state index in [1.807, 2.05) is 0 Å². The number of rotatable bonds is 4. The van der Waals surface area contributed by atoms with E-state index in [2.05, 4.69) is 0 Å². The Morgan fingerprint density at radius 3 is 2.27 bits per heavy atom. The van der Waals surface area contributed by atoms with Crippen molar-refractivity contribution >= 4 is 15.8 Å².